The number of imide groups is 2. The van der Waals surface area contributed by atoms with Gasteiger partial charge in [0.1, 0.15) is 0 Å². The fraction of sp³-hybridized carbons (Fsp3) is 0.222. The second kappa shape index (κ2) is 8.59. The summed E-state index contributed by atoms with van der Waals surface area (Å²) in [4.78, 5) is 48.7. The average Bonchev–Trinajstić information content (AvgIpc) is 2.64. The Hall–Kier alpha value is -3.63. The Morgan fingerprint density at radius 3 is 2.31 bits per heavy atom. The maximum atomic E-state index is 12.6. The van der Waals surface area contributed by atoms with Crippen molar-refractivity contribution in [2.75, 3.05) is 17.2 Å². The molecule has 0 spiro atoms. The van der Waals surface area contributed by atoms with E-state index in [9.17, 15) is 32.3 Å². The molecule has 3 N–H and O–H groups in total. The smallest absolute Gasteiger partial charge is 0.356 e. The predicted octanol–water partition coefficient (Wildman–Crippen LogP) is 2.38. The van der Waals surface area contributed by atoms with Gasteiger partial charge in [-0.2, -0.15) is 13.2 Å². The summed E-state index contributed by atoms with van der Waals surface area (Å²) in [7, 11) is 0. The van der Waals surface area contributed by atoms with Crippen LogP contribution < -0.4 is 16.0 Å². The van der Waals surface area contributed by atoms with Crippen molar-refractivity contribution in [3.63, 3.8) is 0 Å². The van der Waals surface area contributed by atoms with Gasteiger partial charge in [-0.15, -0.1) is 6.58 Å². The Balaban J connectivity index is 2.32. The fourth-order valence-electron chi connectivity index (χ4n) is 2.55. The van der Waals surface area contributed by atoms with Crippen molar-refractivity contribution in [1.29, 1.82) is 0 Å². The van der Waals surface area contributed by atoms with Gasteiger partial charge >= 0.3 is 18.1 Å². The minimum atomic E-state index is -5.10. The van der Waals surface area contributed by atoms with E-state index in [4.69, 9.17) is 0 Å². The van der Waals surface area contributed by atoms with Crippen molar-refractivity contribution in [3.8, 4) is 0 Å². The second-order valence-corrected chi connectivity index (χ2v) is 5.83. The third-order valence-electron chi connectivity index (χ3n) is 3.90. The first-order valence-electron chi connectivity index (χ1n) is 8.27. The first-order chi connectivity index (χ1) is 13.6. The van der Waals surface area contributed by atoms with E-state index in [1.54, 1.807) is 5.32 Å². The van der Waals surface area contributed by atoms with Crippen LogP contribution in [0.5, 0.6) is 0 Å². The molecule has 2 rings (SSSR count). The number of alkyl halides is 3. The third-order valence-corrected chi connectivity index (χ3v) is 3.90. The molecule has 0 saturated carbocycles. The molecule has 0 radical (unpaired) electrons. The van der Waals surface area contributed by atoms with Gasteiger partial charge in [0.15, 0.2) is 5.92 Å². The van der Waals surface area contributed by atoms with Crippen molar-refractivity contribution in [2.45, 2.75) is 13.1 Å². The summed E-state index contributed by atoms with van der Waals surface area (Å²) in [6, 6.07) is 4.55. The van der Waals surface area contributed by atoms with Crippen LogP contribution in [0.25, 0.3) is 0 Å². The number of rotatable bonds is 6. The number of hydrogen-bond donors (Lipinski definition) is 3. The van der Waals surface area contributed by atoms with Gasteiger partial charge in [0.25, 0.3) is 0 Å². The summed E-state index contributed by atoms with van der Waals surface area (Å²) in [5.41, 5.74) is -0.175. The molecule has 1 aromatic rings. The zero-order valence-electron chi connectivity index (χ0n) is 15.2. The molecule has 1 fully saturated rings. The number of anilines is 2. The van der Waals surface area contributed by atoms with Crippen LogP contribution in [0.15, 0.2) is 48.7 Å². The SMILES string of the molecule is C=CCN1C(=O)NC(=O)[C@@H](/C(=C\C)Nc2ccccc2NC(=O)C(F)(F)F)C1=O. The van der Waals surface area contributed by atoms with Crippen LogP contribution in [0.1, 0.15) is 6.92 Å². The van der Waals surface area contributed by atoms with Gasteiger partial charge in [-0.05, 0) is 19.1 Å². The lowest BCUT2D eigenvalue weighted by Crippen LogP contribution is -2.58. The van der Waals surface area contributed by atoms with Crippen LogP contribution in [0, 0.1) is 5.92 Å². The van der Waals surface area contributed by atoms with E-state index in [1.165, 1.54) is 43.3 Å². The minimum absolute atomic E-state index is 0.0165. The summed E-state index contributed by atoms with van der Waals surface area (Å²) in [5, 5.41) is 6.46. The lowest BCUT2D eigenvalue weighted by Gasteiger charge is -2.31. The zero-order valence-corrected chi connectivity index (χ0v) is 15.2. The van der Waals surface area contributed by atoms with Gasteiger partial charge in [0, 0.05) is 12.2 Å². The lowest BCUT2D eigenvalue weighted by molar-refractivity contribution is -0.167. The maximum Gasteiger partial charge on any atom is 0.471 e. The van der Waals surface area contributed by atoms with Crippen LogP contribution in [-0.4, -0.2) is 41.4 Å². The summed E-state index contributed by atoms with van der Waals surface area (Å²) < 4.78 is 37.7. The number of carbonyl (C=O) groups excluding carboxylic acids is 4. The van der Waals surface area contributed by atoms with Gasteiger partial charge in [0.05, 0.1) is 11.4 Å². The molecule has 0 aliphatic carbocycles. The summed E-state index contributed by atoms with van der Waals surface area (Å²) in [6.07, 6.45) is -2.43. The number of benzene rings is 1. The first kappa shape index (κ1) is 21.7. The van der Waals surface area contributed by atoms with Crippen LogP contribution >= 0.6 is 0 Å². The highest BCUT2D eigenvalue weighted by molar-refractivity contribution is 6.18. The average molecular weight is 410 g/mol. The van der Waals surface area contributed by atoms with E-state index < -0.39 is 35.8 Å². The number of allylic oxidation sites excluding steroid dienone is 1. The molecule has 11 heteroatoms. The highest BCUT2D eigenvalue weighted by Gasteiger charge is 2.42. The number of amides is 5. The number of nitrogens with zero attached hydrogens (tertiary/aromatic N) is 1. The normalized spacial score (nSPS) is 17.7. The maximum absolute atomic E-state index is 12.6. The van der Waals surface area contributed by atoms with E-state index in [1.807, 2.05) is 5.32 Å². The Bertz CT molecular complexity index is 895. The Kier molecular flexibility index (Phi) is 6.42. The molecule has 1 heterocycles. The van der Waals surface area contributed by atoms with Gasteiger partial charge < -0.3 is 10.6 Å². The number of para-hydroxylation sites is 2. The highest BCUT2D eigenvalue weighted by Crippen LogP contribution is 2.28. The summed E-state index contributed by atoms with van der Waals surface area (Å²) in [6.45, 7) is 4.80. The number of nitrogens with one attached hydrogen (secondary N) is 3. The van der Waals surface area contributed by atoms with Gasteiger partial charge in [-0.3, -0.25) is 24.6 Å². The number of barbiturate groups is 1. The first-order valence-corrected chi connectivity index (χ1v) is 8.27. The van der Waals surface area contributed by atoms with Crippen molar-refractivity contribution in [2.24, 2.45) is 5.92 Å². The summed E-state index contributed by atoms with van der Waals surface area (Å²) >= 11 is 0. The third kappa shape index (κ3) is 4.81. The van der Waals surface area contributed by atoms with Crippen molar-refractivity contribution in [1.82, 2.24) is 10.2 Å². The van der Waals surface area contributed by atoms with E-state index >= 15 is 0 Å². The molecular weight excluding hydrogens is 393 g/mol. The molecule has 1 aliphatic heterocycles. The molecule has 0 aromatic heterocycles. The van der Waals surface area contributed by atoms with Crippen LogP contribution in [0.4, 0.5) is 29.3 Å². The molecule has 29 heavy (non-hydrogen) atoms. The molecule has 1 saturated heterocycles. The second-order valence-electron chi connectivity index (χ2n) is 5.83. The predicted molar refractivity (Wildman–Crippen MR) is 97.4 cm³/mol. The van der Waals surface area contributed by atoms with E-state index in [0.29, 0.717) is 0 Å². The van der Waals surface area contributed by atoms with Crippen molar-refractivity contribution in [3.05, 3.63) is 48.7 Å². The Morgan fingerprint density at radius 2 is 1.79 bits per heavy atom. The van der Waals surface area contributed by atoms with Gasteiger partial charge in [-0.25, -0.2) is 4.79 Å². The monoisotopic (exact) mass is 410 g/mol. The number of halogens is 3. The molecule has 0 bridgehead atoms. The Labute approximate surface area is 163 Å². The largest absolute Gasteiger partial charge is 0.471 e. The lowest BCUT2D eigenvalue weighted by atomic mass is 9.99. The van der Waals surface area contributed by atoms with E-state index in [-0.39, 0.29) is 23.6 Å². The van der Waals surface area contributed by atoms with Crippen molar-refractivity contribution >= 4 is 35.1 Å². The summed E-state index contributed by atoms with van der Waals surface area (Å²) in [5.74, 6) is -5.33. The molecule has 8 nitrogen and oxygen atoms in total. The zero-order chi connectivity index (χ0) is 21.8. The number of urea groups is 1. The fourth-order valence-corrected chi connectivity index (χ4v) is 2.55. The minimum Gasteiger partial charge on any atom is -0.356 e. The van der Waals surface area contributed by atoms with Crippen LogP contribution in [0.2, 0.25) is 0 Å². The molecule has 5 amide bonds. The molecule has 1 aliphatic rings. The molecule has 1 aromatic carbocycles. The van der Waals surface area contributed by atoms with Crippen LogP contribution in [0.3, 0.4) is 0 Å². The number of hydrogen-bond acceptors (Lipinski definition) is 5. The quantitative estimate of drug-likeness (QED) is 0.493. The van der Waals surface area contributed by atoms with E-state index in [2.05, 4.69) is 11.9 Å². The molecular formula is C18H17F3N4O4. The molecule has 0 unspecified atom stereocenters. The van der Waals surface area contributed by atoms with Crippen molar-refractivity contribution < 1.29 is 32.3 Å². The van der Waals surface area contributed by atoms with Crippen LogP contribution in [-0.2, 0) is 14.4 Å². The highest BCUT2D eigenvalue weighted by atomic mass is 19.4. The molecule has 1 atom stereocenters. The topological polar surface area (TPSA) is 108 Å². The van der Waals surface area contributed by atoms with E-state index in [0.717, 1.165) is 4.90 Å². The van der Waals surface area contributed by atoms with Gasteiger partial charge in [0.2, 0.25) is 11.8 Å². The number of carbonyl (C=O) groups is 4. The Morgan fingerprint density at radius 1 is 1.21 bits per heavy atom. The van der Waals surface area contributed by atoms with Gasteiger partial charge in [-0.1, -0.05) is 24.3 Å². The molecule has 154 valence electrons. The standard InChI is InChI=1S/C18H17F3N4O4/c1-3-9-25-15(27)13(14(26)24-17(25)29)10(4-2)22-11-7-5-6-8-12(11)23-16(28)18(19,20)21/h3-8,13,22H,1,9H2,2H3,(H,23,28)(H,24,26,29)/b10-4+/t13-/m1/s1.